The number of guanidine groups is 1. The minimum Gasteiger partial charge on any atom is -0.379 e. The van der Waals surface area contributed by atoms with Crippen molar-refractivity contribution >= 4 is 15.8 Å². The molecule has 0 spiro atoms. The van der Waals surface area contributed by atoms with Gasteiger partial charge in [0.2, 0.25) is 0 Å². The molecule has 8 heteroatoms. The van der Waals surface area contributed by atoms with Crippen molar-refractivity contribution in [2.24, 2.45) is 10.9 Å². The van der Waals surface area contributed by atoms with Crippen LogP contribution in [0.25, 0.3) is 0 Å². The van der Waals surface area contributed by atoms with Crippen LogP contribution in [-0.2, 0) is 14.6 Å². The predicted octanol–water partition coefficient (Wildman–Crippen LogP) is -0.0408. The van der Waals surface area contributed by atoms with E-state index in [-0.39, 0.29) is 11.7 Å². The lowest BCUT2D eigenvalue weighted by Crippen LogP contribution is -2.46. The summed E-state index contributed by atoms with van der Waals surface area (Å²) in [6.07, 6.45) is 3.69. The van der Waals surface area contributed by atoms with Gasteiger partial charge in [-0.3, -0.25) is 9.89 Å². The summed E-state index contributed by atoms with van der Waals surface area (Å²) in [5, 5.41) is 3.34. The minimum absolute atomic E-state index is 0.156. The van der Waals surface area contributed by atoms with Crippen LogP contribution in [0.1, 0.15) is 12.8 Å². The number of ether oxygens (including phenoxy) is 1. The summed E-state index contributed by atoms with van der Waals surface area (Å²) in [6, 6.07) is 0.548. The summed E-state index contributed by atoms with van der Waals surface area (Å²) in [5.41, 5.74) is 0. The van der Waals surface area contributed by atoms with Gasteiger partial charge in [-0.2, -0.15) is 0 Å². The molecule has 0 aromatic heterocycles. The van der Waals surface area contributed by atoms with Crippen molar-refractivity contribution in [1.82, 2.24) is 15.1 Å². The van der Waals surface area contributed by atoms with Gasteiger partial charge >= 0.3 is 0 Å². The van der Waals surface area contributed by atoms with Crippen LogP contribution in [-0.4, -0.2) is 94.2 Å². The molecule has 0 aromatic carbocycles. The van der Waals surface area contributed by atoms with Crippen LogP contribution >= 0.6 is 0 Å². The molecule has 3 aliphatic rings. The van der Waals surface area contributed by atoms with E-state index in [9.17, 15) is 8.42 Å². The fraction of sp³-hybridized carbons (Fsp3) is 0.824. The molecule has 1 N–H and O–H groups in total. The highest BCUT2D eigenvalue weighted by molar-refractivity contribution is 7.91. The molecule has 142 valence electrons. The zero-order valence-electron chi connectivity index (χ0n) is 14.9. The molecule has 0 aliphatic carbocycles. The van der Waals surface area contributed by atoms with Crippen LogP contribution in [0.2, 0.25) is 0 Å². The SMILES string of the molecule is C=CCNC(=NCC1CCS(=O)(=O)C1)N1CCC(N2CCOCC2)C1. The van der Waals surface area contributed by atoms with E-state index in [1.54, 1.807) is 0 Å². The Hall–Kier alpha value is -1.12. The topological polar surface area (TPSA) is 74.2 Å². The first kappa shape index (κ1) is 18.7. The molecular formula is C17H30N4O3S. The molecule has 0 saturated carbocycles. The van der Waals surface area contributed by atoms with Gasteiger partial charge in [0.25, 0.3) is 0 Å². The number of sulfone groups is 1. The molecule has 3 fully saturated rings. The number of aliphatic imine (C=N–C) groups is 1. The average Bonchev–Trinajstić information content (AvgIpc) is 3.22. The van der Waals surface area contributed by atoms with Crippen LogP contribution in [0.5, 0.6) is 0 Å². The van der Waals surface area contributed by atoms with Crippen molar-refractivity contribution in [3.8, 4) is 0 Å². The highest BCUT2D eigenvalue weighted by atomic mass is 32.2. The van der Waals surface area contributed by atoms with E-state index in [0.717, 1.165) is 58.2 Å². The number of likely N-dealkylation sites (tertiary alicyclic amines) is 1. The summed E-state index contributed by atoms with van der Waals surface area (Å²) in [4.78, 5) is 9.56. The summed E-state index contributed by atoms with van der Waals surface area (Å²) < 4.78 is 28.7. The minimum atomic E-state index is -2.84. The highest BCUT2D eigenvalue weighted by Gasteiger charge is 2.31. The number of rotatable bonds is 5. The van der Waals surface area contributed by atoms with Gasteiger partial charge in [-0.15, -0.1) is 6.58 Å². The number of nitrogens with one attached hydrogen (secondary N) is 1. The molecule has 3 rings (SSSR count). The second-order valence-electron chi connectivity index (χ2n) is 7.14. The molecule has 25 heavy (non-hydrogen) atoms. The molecule has 7 nitrogen and oxygen atoms in total. The molecule has 2 unspecified atom stereocenters. The summed E-state index contributed by atoms with van der Waals surface area (Å²) in [5.74, 6) is 1.63. The predicted molar refractivity (Wildman–Crippen MR) is 99.6 cm³/mol. The molecule has 0 amide bonds. The van der Waals surface area contributed by atoms with E-state index in [1.807, 2.05) is 6.08 Å². The number of nitrogens with zero attached hydrogens (tertiary/aromatic N) is 3. The Balaban J connectivity index is 1.58. The van der Waals surface area contributed by atoms with Crippen molar-refractivity contribution in [3.63, 3.8) is 0 Å². The third-order valence-electron chi connectivity index (χ3n) is 5.26. The van der Waals surface area contributed by atoms with Gasteiger partial charge in [-0.25, -0.2) is 8.42 Å². The average molecular weight is 371 g/mol. The van der Waals surface area contributed by atoms with Gasteiger partial charge in [0.1, 0.15) is 0 Å². The lowest BCUT2D eigenvalue weighted by Gasteiger charge is -2.32. The molecule has 0 bridgehead atoms. The standard InChI is InChI=1S/C17H30N4O3S/c1-2-5-18-17(19-12-15-4-11-25(22,23)14-15)21-6-3-16(13-21)20-7-9-24-10-8-20/h2,15-16H,1,3-14H2,(H,18,19). The van der Waals surface area contributed by atoms with E-state index in [1.165, 1.54) is 0 Å². The Morgan fingerprint density at radius 1 is 1.28 bits per heavy atom. The maximum Gasteiger partial charge on any atom is 0.194 e. The molecule has 3 saturated heterocycles. The summed E-state index contributed by atoms with van der Waals surface area (Å²) in [7, 11) is -2.84. The Bertz CT molecular complexity index is 587. The first-order valence-electron chi connectivity index (χ1n) is 9.24. The van der Waals surface area contributed by atoms with Crippen LogP contribution in [0.15, 0.2) is 17.6 Å². The Morgan fingerprint density at radius 2 is 2.08 bits per heavy atom. The quantitative estimate of drug-likeness (QED) is 0.416. The monoisotopic (exact) mass is 370 g/mol. The van der Waals surface area contributed by atoms with Gasteiger partial charge < -0.3 is 15.0 Å². The van der Waals surface area contributed by atoms with E-state index < -0.39 is 9.84 Å². The number of hydrogen-bond donors (Lipinski definition) is 1. The largest absolute Gasteiger partial charge is 0.379 e. The van der Waals surface area contributed by atoms with Crippen LogP contribution in [0.3, 0.4) is 0 Å². The first-order valence-corrected chi connectivity index (χ1v) is 11.1. The summed E-state index contributed by atoms with van der Waals surface area (Å²) in [6.45, 7) is 10.6. The third kappa shape index (κ3) is 5.18. The molecule has 3 heterocycles. The Morgan fingerprint density at radius 3 is 2.76 bits per heavy atom. The van der Waals surface area contributed by atoms with Gasteiger partial charge in [-0.1, -0.05) is 6.08 Å². The normalized spacial score (nSPS) is 30.6. The van der Waals surface area contributed by atoms with Crippen molar-refractivity contribution in [1.29, 1.82) is 0 Å². The van der Waals surface area contributed by atoms with E-state index in [0.29, 0.717) is 24.9 Å². The van der Waals surface area contributed by atoms with Crippen LogP contribution < -0.4 is 5.32 Å². The lowest BCUT2D eigenvalue weighted by atomic mass is 10.1. The van der Waals surface area contributed by atoms with Gasteiger partial charge in [0.15, 0.2) is 15.8 Å². The fourth-order valence-electron chi connectivity index (χ4n) is 3.84. The van der Waals surface area contributed by atoms with E-state index >= 15 is 0 Å². The maximum absolute atomic E-state index is 11.6. The van der Waals surface area contributed by atoms with E-state index in [4.69, 9.17) is 9.73 Å². The zero-order chi connectivity index (χ0) is 17.7. The Kier molecular flexibility index (Phi) is 6.35. The van der Waals surface area contributed by atoms with Crippen molar-refractivity contribution in [2.45, 2.75) is 18.9 Å². The van der Waals surface area contributed by atoms with Crippen molar-refractivity contribution in [3.05, 3.63) is 12.7 Å². The molecule has 0 aromatic rings. The second-order valence-corrected chi connectivity index (χ2v) is 9.37. The van der Waals surface area contributed by atoms with Gasteiger partial charge in [0, 0.05) is 45.3 Å². The second kappa shape index (κ2) is 8.51. The van der Waals surface area contributed by atoms with Gasteiger partial charge in [-0.05, 0) is 18.8 Å². The van der Waals surface area contributed by atoms with Crippen molar-refractivity contribution < 1.29 is 13.2 Å². The molecule has 2 atom stereocenters. The number of morpholine rings is 1. The molecular weight excluding hydrogens is 340 g/mol. The molecule has 0 radical (unpaired) electrons. The number of hydrogen-bond acceptors (Lipinski definition) is 5. The molecule has 3 aliphatic heterocycles. The van der Waals surface area contributed by atoms with Crippen LogP contribution in [0, 0.1) is 5.92 Å². The van der Waals surface area contributed by atoms with E-state index in [2.05, 4.69) is 21.7 Å². The van der Waals surface area contributed by atoms with Gasteiger partial charge in [0.05, 0.1) is 24.7 Å². The Labute approximate surface area is 151 Å². The lowest BCUT2D eigenvalue weighted by molar-refractivity contribution is 0.0195. The van der Waals surface area contributed by atoms with Crippen LogP contribution in [0.4, 0.5) is 0 Å². The smallest absolute Gasteiger partial charge is 0.194 e. The van der Waals surface area contributed by atoms with Crippen molar-refractivity contribution in [2.75, 3.05) is 64.0 Å². The maximum atomic E-state index is 11.6. The summed E-state index contributed by atoms with van der Waals surface area (Å²) >= 11 is 0. The fourth-order valence-corrected chi connectivity index (χ4v) is 5.69. The third-order valence-corrected chi connectivity index (χ3v) is 7.09. The highest BCUT2D eigenvalue weighted by Crippen LogP contribution is 2.20. The first-order chi connectivity index (χ1) is 12.1. The zero-order valence-corrected chi connectivity index (χ0v) is 15.7.